The van der Waals surface area contributed by atoms with Crippen molar-refractivity contribution < 1.29 is 8.42 Å². The Kier molecular flexibility index (Phi) is 3.62. The Morgan fingerprint density at radius 3 is 2.55 bits per heavy atom. The molecular formula is C16H17N3O2S. The maximum Gasteiger partial charge on any atom is 0.264 e. The summed E-state index contributed by atoms with van der Waals surface area (Å²) in [4.78, 5) is 4.48. The van der Waals surface area contributed by atoms with Crippen molar-refractivity contribution >= 4 is 26.7 Å². The van der Waals surface area contributed by atoms with Crippen molar-refractivity contribution in [2.75, 3.05) is 10.8 Å². The molecule has 1 aromatic heterocycles. The zero-order valence-electron chi connectivity index (χ0n) is 12.5. The van der Waals surface area contributed by atoms with E-state index in [2.05, 4.69) is 4.98 Å². The highest BCUT2D eigenvalue weighted by molar-refractivity contribution is 7.92. The number of rotatable bonds is 4. The van der Waals surface area contributed by atoms with Gasteiger partial charge in [0.25, 0.3) is 10.0 Å². The first-order valence-corrected chi connectivity index (χ1v) is 8.47. The van der Waals surface area contributed by atoms with Gasteiger partial charge in [0.1, 0.15) is 0 Å². The van der Waals surface area contributed by atoms with Crippen LogP contribution >= 0.6 is 0 Å². The number of sulfonamides is 1. The van der Waals surface area contributed by atoms with Gasteiger partial charge < -0.3 is 4.57 Å². The monoisotopic (exact) mass is 315 g/mol. The molecule has 0 saturated heterocycles. The molecule has 1 heterocycles. The third-order valence-electron chi connectivity index (χ3n) is 3.62. The van der Waals surface area contributed by atoms with Crippen LogP contribution in [0.4, 0.5) is 5.69 Å². The summed E-state index contributed by atoms with van der Waals surface area (Å²) in [6.45, 7) is 2.19. The van der Waals surface area contributed by atoms with Crippen molar-refractivity contribution in [2.45, 2.75) is 11.8 Å². The fourth-order valence-electron chi connectivity index (χ4n) is 2.49. The van der Waals surface area contributed by atoms with Crippen LogP contribution in [0, 0.1) is 0 Å². The van der Waals surface area contributed by atoms with Gasteiger partial charge in [-0.05, 0) is 37.3 Å². The lowest BCUT2D eigenvalue weighted by molar-refractivity contribution is 0.592. The molecule has 3 rings (SSSR count). The SMILES string of the molecule is CCN(c1ccccc1)S(=O)(=O)c1ccc2c(c1)ncn2C. The minimum absolute atomic E-state index is 0.254. The predicted octanol–water partition coefficient (Wildman–Crippen LogP) is 2.79. The van der Waals surface area contributed by atoms with Crippen molar-refractivity contribution in [1.29, 1.82) is 0 Å². The van der Waals surface area contributed by atoms with Crippen LogP contribution in [0.3, 0.4) is 0 Å². The van der Waals surface area contributed by atoms with Gasteiger partial charge in [-0.15, -0.1) is 0 Å². The van der Waals surface area contributed by atoms with Gasteiger partial charge in [0.2, 0.25) is 0 Å². The molecule has 0 fully saturated rings. The van der Waals surface area contributed by atoms with Gasteiger partial charge in [0.05, 0.1) is 27.9 Å². The van der Waals surface area contributed by atoms with Crippen LogP contribution in [0.5, 0.6) is 0 Å². The molecule has 3 aromatic rings. The second kappa shape index (κ2) is 5.46. The molecule has 0 saturated carbocycles. The number of hydrogen-bond acceptors (Lipinski definition) is 3. The Morgan fingerprint density at radius 2 is 1.86 bits per heavy atom. The van der Waals surface area contributed by atoms with E-state index in [1.807, 2.05) is 36.7 Å². The highest BCUT2D eigenvalue weighted by Crippen LogP contribution is 2.25. The smallest absolute Gasteiger partial charge is 0.264 e. The molecular weight excluding hydrogens is 298 g/mol. The molecule has 0 atom stereocenters. The molecule has 0 bridgehead atoms. The zero-order valence-corrected chi connectivity index (χ0v) is 13.3. The fraction of sp³-hybridized carbons (Fsp3) is 0.188. The first kappa shape index (κ1) is 14.6. The third kappa shape index (κ3) is 2.35. The number of para-hydroxylation sites is 1. The molecule has 0 aliphatic heterocycles. The number of aryl methyl sites for hydroxylation is 1. The number of nitrogens with zero attached hydrogens (tertiary/aromatic N) is 3. The van der Waals surface area contributed by atoms with E-state index in [1.165, 1.54) is 4.31 Å². The van der Waals surface area contributed by atoms with Gasteiger partial charge in [0, 0.05) is 13.6 Å². The average Bonchev–Trinajstić information content (AvgIpc) is 2.90. The van der Waals surface area contributed by atoms with Crippen molar-refractivity contribution in [1.82, 2.24) is 9.55 Å². The summed E-state index contributed by atoms with van der Waals surface area (Å²) in [7, 11) is -1.72. The van der Waals surface area contributed by atoms with Crippen LogP contribution in [0.15, 0.2) is 59.8 Å². The summed E-state index contributed by atoms with van der Waals surface area (Å²) in [5.41, 5.74) is 2.24. The molecule has 22 heavy (non-hydrogen) atoms. The highest BCUT2D eigenvalue weighted by Gasteiger charge is 2.24. The van der Waals surface area contributed by atoms with Crippen LogP contribution < -0.4 is 4.31 Å². The van der Waals surface area contributed by atoms with Crippen molar-refractivity contribution in [3.8, 4) is 0 Å². The van der Waals surface area contributed by atoms with Crippen LogP contribution in [-0.2, 0) is 17.1 Å². The predicted molar refractivity (Wildman–Crippen MR) is 87.4 cm³/mol. The van der Waals surface area contributed by atoms with E-state index < -0.39 is 10.0 Å². The van der Waals surface area contributed by atoms with E-state index in [-0.39, 0.29) is 4.90 Å². The Labute approximate surface area is 129 Å². The van der Waals surface area contributed by atoms with Crippen molar-refractivity contribution in [3.05, 3.63) is 54.9 Å². The summed E-state index contributed by atoms with van der Waals surface area (Å²) in [6.07, 6.45) is 1.68. The molecule has 0 amide bonds. The summed E-state index contributed by atoms with van der Waals surface area (Å²) in [5, 5.41) is 0. The maximum absolute atomic E-state index is 12.9. The molecule has 0 spiro atoms. The highest BCUT2D eigenvalue weighted by atomic mass is 32.2. The second-order valence-electron chi connectivity index (χ2n) is 5.01. The first-order chi connectivity index (χ1) is 10.5. The lowest BCUT2D eigenvalue weighted by Crippen LogP contribution is -2.30. The summed E-state index contributed by atoms with van der Waals surface area (Å²) in [6, 6.07) is 14.1. The summed E-state index contributed by atoms with van der Waals surface area (Å²) in [5.74, 6) is 0. The standard InChI is InChI=1S/C16H17N3O2S/c1-3-19(13-7-5-4-6-8-13)22(20,21)14-9-10-16-15(11-14)17-12-18(16)2/h4-12H,3H2,1-2H3. The lowest BCUT2D eigenvalue weighted by Gasteiger charge is -2.22. The van der Waals surface area contributed by atoms with Crippen molar-refractivity contribution in [2.24, 2.45) is 7.05 Å². The van der Waals surface area contributed by atoms with Gasteiger partial charge in [-0.1, -0.05) is 18.2 Å². The third-order valence-corrected chi connectivity index (χ3v) is 5.52. The minimum Gasteiger partial charge on any atom is -0.334 e. The van der Waals surface area contributed by atoms with Crippen LogP contribution in [0.1, 0.15) is 6.92 Å². The quantitative estimate of drug-likeness (QED) is 0.744. The molecule has 114 valence electrons. The van der Waals surface area contributed by atoms with E-state index in [1.54, 1.807) is 36.7 Å². The fourth-order valence-corrected chi connectivity index (χ4v) is 3.98. The van der Waals surface area contributed by atoms with Crippen molar-refractivity contribution in [3.63, 3.8) is 0 Å². The second-order valence-corrected chi connectivity index (χ2v) is 6.87. The molecule has 0 unspecified atom stereocenters. The van der Waals surface area contributed by atoms with Crippen LogP contribution in [0.25, 0.3) is 11.0 Å². The number of imidazole rings is 1. The van der Waals surface area contributed by atoms with E-state index in [0.29, 0.717) is 17.7 Å². The number of aromatic nitrogens is 2. The Hall–Kier alpha value is -2.34. The first-order valence-electron chi connectivity index (χ1n) is 7.03. The Morgan fingerprint density at radius 1 is 1.14 bits per heavy atom. The molecule has 2 aromatic carbocycles. The molecule has 6 heteroatoms. The van der Waals surface area contributed by atoms with Gasteiger partial charge in [-0.3, -0.25) is 4.31 Å². The average molecular weight is 315 g/mol. The Balaban J connectivity index is 2.10. The summed E-state index contributed by atoms with van der Waals surface area (Å²) >= 11 is 0. The Bertz CT molecular complexity index is 902. The van der Waals surface area contributed by atoms with Crippen LogP contribution in [0.2, 0.25) is 0 Å². The molecule has 0 N–H and O–H groups in total. The lowest BCUT2D eigenvalue weighted by atomic mass is 10.3. The number of fused-ring (bicyclic) bond motifs is 1. The molecule has 0 aliphatic carbocycles. The van der Waals surface area contributed by atoms with Gasteiger partial charge in [0.15, 0.2) is 0 Å². The van der Waals surface area contributed by atoms with Crippen LogP contribution in [-0.4, -0.2) is 24.5 Å². The number of benzene rings is 2. The molecule has 5 nitrogen and oxygen atoms in total. The van der Waals surface area contributed by atoms with E-state index >= 15 is 0 Å². The van der Waals surface area contributed by atoms with E-state index in [9.17, 15) is 8.42 Å². The minimum atomic E-state index is -3.60. The molecule has 0 radical (unpaired) electrons. The summed E-state index contributed by atoms with van der Waals surface area (Å²) < 4.78 is 29.1. The number of anilines is 1. The van der Waals surface area contributed by atoms with Gasteiger partial charge in [-0.2, -0.15) is 0 Å². The van der Waals surface area contributed by atoms with Gasteiger partial charge >= 0.3 is 0 Å². The van der Waals surface area contributed by atoms with Gasteiger partial charge in [-0.25, -0.2) is 13.4 Å². The number of hydrogen-bond donors (Lipinski definition) is 0. The largest absolute Gasteiger partial charge is 0.334 e. The van der Waals surface area contributed by atoms with E-state index in [0.717, 1.165) is 5.52 Å². The maximum atomic E-state index is 12.9. The topological polar surface area (TPSA) is 55.2 Å². The van der Waals surface area contributed by atoms with E-state index in [4.69, 9.17) is 0 Å². The zero-order chi connectivity index (χ0) is 15.7. The normalized spacial score (nSPS) is 11.7. The molecule has 0 aliphatic rings.